The number of rotatable bonds is 4. The minimum absolute atomic E-state index is 0.0993. The SMILES string of the molecule is CCn1ncc(C(C)NC(=S)Nc2cnn(C)c2C)c1C. The number of nitrogens with one attached hydrogen (secondary N) is 2. The minimum atomic E-state index is 0.0993. The lowest BCUT2D eigenvalue weighted by atomic mass is 10.1. The third-order valence-corrected chi connectivity index (χ3v) is 3.96. The lowest BCUT2D eigenvalue weighted by Crippen LogP contribution is -2.31. The quantitative estimate of drug-likeness (QED) is 0.849. The Morgan fingerprint density at radius 3 is 2.52 bits per heavy atom. The monoisotopic (exact) mass is 306 g/mol. The van der Waals surface area contributed by atoms with E-state index in [1.807, 2.05) is 29.5 Å². The van der Waals surface area contributed by atoms with Crippen LogP contribution in [-0.2, 0) is 13.6 Å². The molecule has 0 bridgehead atoms. The van der Waals surface area contributed by atoms with E-state index in [-0.39, 0.29) is 6.04 Å². The third-order valence-electron chi connectivity index (χ3n) is 3.74. The van der Waals surface area contributed by atoms with E-state index in [4.69, 9.17) is 12.2 Å². The molecule has 0 aliphatic carbocycles. The van der Waals surface area contributed by atoms with E-state index in [1.54, 1.807) is 6.20 Å². The van der Waals surface area contributed by atoms with Crippen LogP contribution in [0.1, 0.15) is 36.8 Å². The number of nitrogens with zero attached hydrogens (tertiary/aromatic N) is 4. The molecule has 6 nitrogen and oxygen atoms in total. The van der Waals surface area contributed by atoms with Gasteiger partial charge in [0.1, 0.15) is 0 Å². The average molecular weight is 306 g/mol. The van der Waals surface area contributed by atoms with Gasteiger partial charge in [-0.3, -0.25) is 9.36 Å². The van der Waals surface area contributed by atoms with Gasteiger partial charge in [0.25, 0.3) is 0 Å². The molecule has 0 saturated carbocycles. The van der Waals surface area contributed by atoms with Crippen LogP contribution in [-0.4, -0.2) is 24.7 Å². The molecule has 0 fully saturated rings. The molecule has 2 aromatic heterocycles. The fourth-order valence-electron chi connectivity index (χ4n) is 2.26. The van der Waals surface area contributed by atoms with Crippen LogP contribution in [0.2, 0.25) is 0 Å². The van der Waals surface area contributed by atoms with E-state index in [2.05, 4.69) is 41.6 Å². The van der Waals surface area contributed by atoms with Crippen LogP contribution < -0.4 is 10.6 Å². The molecule has 21 heavy (non-hydrogen) atoms. The Balaban J connectivity index is 2.02. The van der Waals surface area contributed by atoms with Crippen LogP contribution in [0.15, 0.2) is 12.4 Å². The van der Waals surface area contributed by atoms with Crippen LogP contribution in [0.3, 0.4) is 0 Å². The molecule has 1 atom stereocenters. The highest BCUT2D eigenvalue weighted by molar-refractivity contribution is 7.80. The van der Waals surface area contributed by atoms with Crippen molar-refractivity contribution in [2.45, 2.75) is 40.3 Å². The highest BCUT2D eigenvalue weighted by Crippen LogP contribution is 2.17. The predicted octanol–water partition coefficient (Wildman–Crippen LogP) is 2.30. The molecule has 2 N–H and O–H groups in total. The first-order valence-corrected chi connectivity index (χ1v) is 7.43. The van der Waals surface area contributed by atoms with Crippen molar-refractivity contribution < 1.29 is 0 Å². The van der Waals surface area contributed by atoms with Gasteiger partial charge in [0, 0.05) is 24.8 Å². The zero-order chi connectivity index (χ0) is 15.6. The molecular formula is C14H22N6S. The molecule has 0 saturated heterocycles. The maximum absolute atomic E-state index is 5.37. The van der Waals surface area contributed by atoms with Crippen LogP contribution in [0.25, 0.3) is 0 Å². The first-order valence-electron chi connectivity index (χ1n) is 7.02. The molecule has 0 aromatic carbocycles. The Labute approximate surface area is 130 Å². The fourth-order valence-corrected chi connectivity index (χ4v) is 2.55. The molecule has 0 aliphatic rings. The Bertz CT molecular complexity index is 642. The number of thiocarbonyl (C=S) groups is 1. The Hall–Kier alpha value is -1.89. The molecule has 0 amide bonds. The predicted molar refractivity (Wildman–Crippen MR) is 88.4 cm³/mol. The van der Waals surface area contributed by atoms with Crippen molar-refractivity contribution in [2.24, 2.45) is 7.05 Å². The smallest absolute Gasteiger partial charge is 0.171 e. The van der Waals surface area contributed by atoms with Crippen LogP contribution >= 0.6 is 12.2 Å². The molecule has 0 radical (unpaired) electrons. The van der Waals surface area contributed by atoms with Crippen LogP contribution in [0.4, 0.5) is 5.69 Å². The van der Waals surface area contributed by atoms with Crippen molar-refractivity contribution in [2.75, 3.05) is 5.32 Å². The van der Waals surface area contributed by atoms with Gasteiger partial charge in [0.2, 0.25) is 0 Å². The van der Waals surface area contributed by atoms with E-state index < -0.39 is 0 Å². The summed E-state index contributed by atoms with van der Waals surface area (Å²) in [4.78, 5) is 0. The molecule has 2 aromatic rings. The number of aromatic nitrogens is 4. The summed E-state index contributed by atoms with van der Waals surface area (Å²) in [7, 11) is 1.90. The summed E-state index contributed by atoms with van der Waals surface area (Å²) in [6, 6.07) is 0.0993. The first kappa shape index (κ1) is 15.5. The molecule has 114 valence electrons. The summed E-state index contributed by atoms with van der Waals surface area (Å²) in [5.41, 5.74) is 4.28. The van der Waals surface area contributed by atoms with Gasteiger partial charge in [-0.25, -0.2) is 0 Å². The molecule has 0 spiro atoms. The second kappa shape index (κ2) is 6.26. The molecular weight excluding hydrogens is 284 g/mol. The van der Waals surface area contributed by atoms with E-state index in [9.17, 15) is 0 Å². The summed E-state index contributed by atoms with van der Waals surface area (Å²) in [5, 5.41) is 15.6. The van der Waals surface area contributed by atoms with Crippen LogP contribution in [0, 0.1) is 13.8 Å². The van der Waals surface area contributed by atoms with Gasteiger partial charge in [-0.05, 0) is 39.9 Å². The summed E-state index contributed by atoms with van der Waals surface area (Å²) < 4.78 is 3.79. The standard InChI is InChI=1S/C14H22N6S/c1-6-20-10(3)12(7-16-20)9(2)17-14(21)18-13-8-15-19(5)11(13)4/h7-9H,6H2,1-5H3,(H2,17,18,21). The van der Waals surface area contributed by atoms with E-state index in [0.717, 1.165) is 29.2 Å². The maximum atomic E-state index is 5.37. The van der Waals surface area contributed by atoms with E-state index in [1.165, 1.54) is 0 Å². The summed E-state index contributed by atoms with van der Waals surface area (Å²) in [6.07, 6.45) is 3.67. The van der Waals surface area contributed by atoms with Gasteiger partial charge in [-0.1, -0.05) is 0 Å². The zero-order valence-electron chi connectivity index (χ0n) is 13.1. The maximum Gasteiger partial charge on any atom is 0.171 e. The number of hydrogen-bond acceptors (Lipinski definition) is 3. The van der Waals surface area contributed by atoms with E-state index in [0.29, 0.717) is 5.11 Å². The molecule has 1 unspecified atom stereocenters. The number of anilines is 1. The van der Waals surface area contributed by atoms with Gasteiger partial charge in [-0.15, -0.1) is 0 Å². The van der Waals surface area contributed by atoms with Gasteiger partial charge >= 0.3 is 0 Å². The average Bonchev–Trinajstić information content (AvgIpc) is 2.96. The van der Waals surface area contributed by atoms with Gasteiger partial charge in [0.05, 0.1) is 29.8 Å². The lowest BCUT2D eigenvalue weighted by Gasteiger charge is -2.17. The molecule has 7 heteroatoms. The topological polar surface area (TPSA) is 59.7 Å². The highest BCUT2D eigenvalue weighted by atomic mass is 32.1. The van der Waals surface area contributed by atoms with Crippen molar-refractivity contribution in [3.63, 3.8) is 0 Å². The van der Waals surface area contributed by atoms with Crippen molar-refractivity contribution in [1.82, 2.24) is 24.9 Å². The molecule has 2 heterocycles. The van der Waals surface area contributed by atoms with Crippen molar-refractivity contribution >= 4 is 23.0 Å². The number of aryl methyl sites for hydroxylation is 2. The van der Waals surface area contributed by atoms with Gasteiger partial charge in [-0.2, -0.15) is 10.2 Å². The second-order valence-corrected chi connectivity index (χ2v) is 5.50. The van der Waals surface area contributed by atoms with E-state index >= 15 is 0 Å². The highest BCUT2D eigenvalue weighted by Gasteiger charge is 2.14. The Morgan fingerprint density at radius 2 is 2.00 bits per heavy atom. The normalized spacial score (nSPS) is 12.2. The third kappa shape index (κ3) is 3.24. The van der Waals surface area contributed by atoms with Crippen molar-refractivity contribution in [1.29, 1.82) is 0 Å². The fraction of sp³-hybridized carbons (Fsp3) is 0.500. The first-order chi connectivity index (χ1) is 9.93. The van der Waals surface area contributed by atoms with Crippen LogP contribution in [0.5, 0.6) is 0 Å². The minimum Gasteiger partial charge on any atom is -0.356 e. The zero-order valence-corrected chi connectivity index (χ0v) is 14.0. The van der Waals surface area contributed by atoms with Crippen molar-refractivity contribution in [3.05, 3.63) is 29.3 Å². The van der Waals surface area contributed by atoms with Gasteiger partial charge in [0.15, 0.2) is 5.11 Å². The molecule has 2 rings (SSSR count). The lowest BCUT2D eigenvalue weighted by molar-refractivity contribution is 0.633. The van der Waals surface area contributed by atoms with Crippen molar-refractivity contribution in [3.8, 4) is 0 Å². The number of hydrogen-bond donors (Lipinski definition) is 2. The Morgan fingerprint density at radius 1 is 1.29 bits per heavy atom. The summed E-state index contributed by atoms with van der Waals surface area (Å²) in [6.45, 7) is 9.10. The van der Waals surface area contributed by atoms with Gasteiger partial charge < -0.3 is 10.6 Å². The summed E-state index contributed by atoms with van der Waals surface area (Å²) in [5.74, 6) is 0. The Kier molecular flexibility index (Phi) is 4.62. The second-order valence-electron chi connectivity index (χ2n) is 5.09. The molecule has 0 aliphatic heterocycles. The largest absolute Gasteiger partial charge is 0.356 e. The summed E-state index contributed by atoms with van der Waals surface area (Å²) >= 11 is 5.37.